The lowest BCUT2D eigenvalue weighted by Gasteiger charge is -2.28. The topological polar surface area (TPSA) is 95.9 Å². The molecule has 1 aliphatic carbocycles. The molecule has 0 aromatic rings. The van der Waals surface area contributed by atoms with Gasteiger partial charge in [-0.2, -0.15) is 0 Å². The highest BCUT2D eigenvalue weighted by Crippen LogP contribution is 2.30. The lowest BCUT2D eigenvalue weighted by atomic mass is 9.98. The summed E-state index contributed by atoms with van der Waals surface area (Å²) >= 11 is 0. The van der Waals surface area contributed by atoms with Crippen molar-refractivity contribution in [3.8, 4) is 0 Å². The van der Waals surface area contributed by atoms with Gasteiger partial charge in [0.15, 0.2) is 0 Å². The average Bonchev–Trinajstić information content (AvgIpc) is 2.86. The first-order valence-corrected chi connectivity index (χ1v) is 6.83. The third kappa shape index (κ3) is 4.11. The van der Waals surface area contributed by atoms with Crippen LogP contribution in [0.5, 0.6) is 0 Å². The van der Waals surface area contributed by atoms with Crippen LogP contribution in [0.25, 0.3) is 0 Å². The van der Waals surface area contributed by atoms with Gasteiger partial charge in [-0.3, -0.25) is 4.79 Å². The summed E-state index contributed by atoms with van der Waals surface area (Å²) in [6, 6.07) is -0.474. The minimum absolute atomic E-state index is 0.0951. The highest BCUT2D eigenvalue weighted by Gasteiger charge is 2.43. The fraction of sp³-hybridized carbons (Fsp3) is 0.769. The van der Waals surface area contributed by atoms with Crippen molar-refractivity contribution in [2.75, 3.05) is 20.2 Å². The molecule has 0 aromatic carbocycles. The van der Waals surface area contributed by atoms with Crippen LogP contribution in [0.2, 0.25) is 0 Å². The van der Waals surface area contributed by atoms with Gasteiger partial charge in [-0.15, -0.1) is 0 Å². The summed E-state index contributed by atoms with van der Waals surface area (Å²) in [5.74, 6) is -1.37. The number of urea groups is 1. The molecule has 0 aliphatic heterocycles. The molecule has 0 spiro atoms. The van der Waals surface area contributed by atoms with Gasteiger partial charge in [0, 0.05) is 13.6 Å². The van der Waals surface area contributed by atoms with Crippen LogP contribution in [0, 0.1) is 0 Å². The number of hydrogen-bond donors (Lipinski definition) is 2. The fourth-order valence-corrected chi connectivity index (χ4v) is 2.26. The molecular formula is C13H22N2O5. The molecule has 1 fully saturated rings. The van der Waals surface area contributed by atoms with Crippen LogP contribution in [-0.4, -0.2) is 53.7 Å². The number of nitrogens with zero attached hydrogens (tertiary/aromatic N) is 1. The summed E-state index contributed by atoms with van der Waals surface area (Å²) in [5, 5.41) is 11.9. The van der Waals surface area contributed by atoms with E-state index in [0.29, 0.717) is 19.4 Å². The van der Waals surface area contributed by atoms with E-state index in [1.54, 1.807) is 6.92 Å². The van der Waals surface area contributed by atoms with Gasteiger partial charge >= 0.3 is 18.0 Å². The van der Waals surface area contributed by atoms with Gasteiger partial charge in [-0.05, 0) is 19.8 Å². The molecule has 2 N–H and O–H groups in total. The SMILES string of the molecule is CCOC(=O)CCN(C)C(=O)NC1(C(=O)O)CCCC1. The first-order valence-electron chi connectivity index (χ1n) is 6.83. The van der Waals surface area contributed by atoms with Gasteiger partial charge in [0.05, 0.1) is 13.0 Å². The zero-order valence-electron chi connectivity index (χ0n) is 12.0. The summed E-state index contributed by atoms with van der Waals surface area (Å²) in [7, 11) is 1.53. The van der Waals surface area contributed by atoms with E-state index in [0.717, 1.165) is 12.8 Å². The first kappa shape index (κ1) is 16.3. The smallest absolute Gasteiger partial charge is 0.329 e. The summed E-state index contributed by atoms with van der Waals surface area (Å²) in [4.78, 5) is 35.8. The second-order valence-electron chi connectivity index (χ2n) is 5.00. The Morgan fingerprint density at radius 1 is 1.30 bits per heavy atom. The van der Waals surface area contributed by atoms with Crippen molar-refractivity contribution < 1.29 is 24.2 Å². The molecule has 0 heterocycles. The van der Waals surface area contributed by atoms with Crippen molar-refractivity contribution >= 4 is 18.0 Å². The van der Waals surface area contributed by atoms with Gasteiger partial charge in [-0.25, -0.2) is 9.59 Å². The molecule has 0 radical (unpaired) electrons. The van der Waals surface area contributed by atoms with E-state index >= 15 is 0 Å². The monoisotopic (exact) mass is 286 g/mol. The van der Waals surface area contributed by atoms with Crippen LogP contribution in [-0.2, 0) is 14.3 Å². The summed E-state index contributed by atoms with van der Waals surface area (Å²) in [5.41, 5.74) is -1.16. The van der Waals surface area contributed by atoms with Crippen LogP contribution in [0.3, 0.4) is 0 Å². The van der Waals surface area contributed by atoms with Gasteiger partial charge in [-0.1, -0.05) is 12.8 Å². The molecule has 1 rings (SSSR count). The molecule has 20 heavy (non-hydrogen) atoms. The zero-order chi connectivity index (χ0) is 15.2. The lowest BCUT2D eigenvalue weighted by molar-refractivity contribution is -0.145. The second-order valence-corrected chi connectivity index (χ2v) is 5.00. The minimum Gasteiger partial charge on any atom is -0.480 e. The molecule has 0 atom stereocenters. The Hall–Kier alpha value is -1.79. The van der Waals surface area contributed by atoms with Crippen LogP contribution in [0.4, 0.5) is 4.79 Å². The maximum atomic E-state index is 12.0. The zero-order valence-corrected chi connectivity index (χ0v) is 12.0. The maximum Gasteiger partial charge on any atom is 0.329 e. The number of nitrogens with one attached hydrogen (secondary N) is 1. The highest BCUT2D eigenvalue weighted by atomic mass is 16.5. The van der Waals surface area contributed by atoms with E-state index in [2.05, 4.69) is 5.32 Å². The van der Waals surface area contributed by atoms with Gasteiger partial charge in [0.1, 0.15) is 5.54 Å². The van der Waals surface area contributed by atoms with Crippen LogP contribution in [0.15, 0.2) is 0 Å². The Morgan fingerprint density at radius 2 is 1.90 bits per heavy atom. The number of carbonyl (C=O) groups excluding carboxylic acids is 2. The van der Waals surface area contributed by atoms with E-state index in [1.165, 1.54) is 11.9 Å². The molecule has 2 amide bonds. The first-order chi connectivity index (χ1) is 9.41. The van der Waals surface area contributed by atoms with Gasteiger partial charge < -0.3 is 20.1 Å². The van der Waals surface area contributed by atoms with Crippen molar-refractivity contribution in [1.29, 1.82) is 0 Å². The van der Waals surface area contributed by atoms with Crippen LogP contribution >= 0.6 is 0 Å². The lowest BCUT2D eigenvalue weighted by Crippen LogP contribution is -2.55. The Bertz CT molecular complexity index is 377. The molecule has 0 aromatic heterocycles. The Morgan fingerprint density at radius 3 is 2.40 bits per heavy atom. The van der Waals surface area contributed by atoms with Gasteiger partial charge in [0.25, 0.3) is 0 Å². The highest BCUT2D eigenvalue weighted by molar-refractivity contribution is 5.86. The number of carboxylic acid groups (broad SMARTS) is 1. The Balaban J connectivity index is 2.48. The van der Waals surface area contributed by atoms with Crippen molar-refractivity contribution in [3.63, 3.8) is 0 Å². The third-order valence-corrected chi connectivity index (χ3v) is 3.52. The van der Waals surface area contributed by atoms with Gasteiger partial charge in [0.2, 0.25) is 0 Å². The minimum atomic E-state index is -1.16. The fourth-order valence-electron chi connectivity index (χ4n) is 2.26. The van der Waals surface area contributed by atoms with Crippen molar-refractivity contribution in [2.45, 2.75) is 44.6 Å². The number of esters is 1. The molecule has 1 saturated carbocycles. The van der Waals surface area contributed by atoms with Crippen molar-refractivity contribution in [2.24, 2.45) is 0 Å². The predicted molar refractivity (Wildman–Crippen MR) is 71.2 cm³/mol. The molecular weight excluding hydrogens is 264 g/mol. The molecule has 7 heteroatoms. The standard InChI is InChI=1S/C13H22N2O5/c1-3-20-10(16)6-9-15(2)12(19)14-13(11(17)18)7-4-5-8-13/h3-9H2,1-2H3,(H,14,19)(H,17,18). The normalized spacial score (nSPS) is 16.5. The number of rotatable bonds is 6. The van der Waals surface area contributed by atoms with E-state index < -0.39 is 17.5 Å². The van der Waals surface area contributed by atoms with E-state index in [1.807, 2.05) is 0 Å². The summed E-state index contributed by atoms with van der Waals surface area (Å²) < 4.78 is 4.77. The summed E-state index contributed by atoms with van der Waals surface area (Å²) in [6.45, 7) is 2.21. The predicted octanol–water partition coefficient (Wildman–Crippen LogP) is 0.978. The number of ether oxygens (including phenoxy) is 1. The second kappa shape index (κ2) is 7.12. The Labute approximate surface area is 118 Å². The number of amides is 2. The van der Waals surface area contributed by atoms with Crippen LogP contribution in [0.1, 0.15) is 39.0 Å². The van der Waals surface area contributed by atoms with E-state index in [-0.39, 0.29) is 18.9 Å². The molecule has 0 unspecified atom stereocenters. The number of carboxylic acids is 1. The number of aliphatic carboxylic acids is 1. The molecule has 0 bridgehead atoms. The Kier molecular flexibility index (Phi) is 5.79. The molecule has 1 aliphatic rings. The largest absolute Gasteiger partial charge is 0.480 e. The summed E-state index contributed by atoms with van der Waals surface area (Å²) in [6.07, 6.45) is 2.57. The molecule has 0 saturated heterocycles. The average molecular weight is 286 g/mol. The van der Waals surface area contributed by atoms with Crippen LogP contribution < -0.4 is 5.32 Å². The third-order valence-electron chi connectivity index (χ3n) is 3.52. The van der Waals surface area contributed by atoms with E-state index in [9.17, 15) is 19.5 Å². The molecule has 114 valence electrons. The maximum absolute atomic E-state index is 12.0. The van der Waals surface area contributed by atoms with E-state index in [4.69, 9.17) is 4.74 Å². The number of hydrogen-bond acceptors (Lipinski definition) is 4. The van der Waals surface area contributed by atoms with Crippen molar-refractivity contribution in [1.82, 2.24) is 10.2 Å². The number of carbonyl (C=O) groups is 3. The van der Waals surface area contributed by atoms with Crippen molar-refractivity contribution in [3.05, 3.63) is 0 Å². The molecule has 7 nitrogen and oxygen atoms in total. The quantitative estimate of drug-likeness (QED) is 0.709.